The van der Waals surface area contributed by atoms with E-state index in [0.29, 0.717) is 0 Å². The molecule has 0 aliphatic heterocycles. The maximum Gasteiger partial charge on any atom is 0.203 e. The zero-order chi connectivity index (χ0) is 14.7. The topological polar surface area (TPSA) is 37.3 Å². The van der Waals surface area contributed by atoms with Gasteiger partial charge in [0.15, 0.2) is 0 Å². The summed E-state index contributed by atoms with van der Waals surface area (Å²) in [5.41, 5.74) is 7.59. The molecule has 106 valence electrons. The third-order valence-electron chi connectivity index (χ3n) is 3.10. The van der Waals surface area contributed by atoms with E-state index in [0.717, 1.165) is 21.3 Å². The normalized spacial score (nSPS) is 11.1. The Morgan fingerprint density at radius 3 is 2.62 bits per heavy atom. The van der Waals surface area contributed by atoms with Gasteiger partial charge >= 0.3 is 0 Å². The van der Waals surface area contributed by atoms with Gasteiger partial charge in [0, 0.05) is 15.8 Å². The van der Waals surface area contributed by atoms with Crippen LogP contribution in [0.5, 0.6) is 0 Å². The molecule has 3 rings (SSSR count). The zero-order valence-corrected chi connectivity index (χ0v) is 13.5. The maximum atomic E-state index is 4.55. The number of rotatable bonds is 4. The molecule has 21 heavy (non-hydrogen) atoms. The average Bonchev–Trinajstić information content (AvgIpc) is 3.10. The second-order valence-corrected chi connectivity index (χ2v) is 6.55. The van der Waals surface area contributed by atoms with Gasteiger partial charge in [-0.15, -0.1) is 22.7 Å². The number of nitrogens with one attached hydrogen (secondary N) is 1. The van der Waals surface area contributed by atoms with Crippen LogP contribution < -0.4 is 5.43 Å². The molecule has 1 N–H and O–H groups in total. The molecule has 2 heterocycles. The third kappa shape index (κ3) is 3.37. The molecule has 3 nitrogen and oxygen atoms in total. The number of thiazole rings is 1. The van der Waals surface area contributed by atoms with Crippen molar-refractivity contribution in [2.75, 3.05) is 5.43 Å². The molecule has 0 atom stereocenters. The first-order chi connectivity index (χ1) is 10.2. The Morgan fingerprint density at radius 1 is 1.10 bits per heavy atom. The van der Waals surface area contributed by atoms with E-state index in [1.165, 1.54) is 11.1 Å². The van der Waals surface area contributed by atoms with Crippen molar-refractivity contribution in [3.63, 3.8) is 0 Å². The number of aryl methyl sites for hydroxylation is 2. The fraction of sp³-hybridized carbons (Fsp3) is 0.125. The van der Waals surface area contributed by atoms with Gasteiger partial charge in [0.1, 0.15) is 0 Å². The fourth-order valence-corrected chi connectivity index (χ4v) is 3.30. The second kappa shape index (κ2) is 6.20. The summed E-state index contributed by atoms with van der Waals surface area (Å²) in [5, 5.41) is 9.16. The second-order valence-electron chi connectivity index (χ2n) is 4.74. The Hall–Kier alpha value is -1.98. The summed E-state index contributed by atoms with van der Waals surface area (Å²) in [6.07, 6.45) is 1.84. The third-order valence-corrected chi connectivity index (χ3v) is 4.80. The molecule has 0 amide bonds. The SMILES string of the molecule is Cc1ccc(-c2csc(N/N=C\c3sccc3C)n2)cc1. The van der Waals surface area contributed by atoms with Crippen LogP contribution in [0.3, 0.4) is 0 Å². The van der Waals surface area contributed by atoms with Crippen LogP contribution in [-0.4, -0.2) is 11.2 Å². The summed E-state index contributed by atoms with van der Waals surface area (Å²) >= 11 is 3.24. The van der Waals surface area contributed by atoms with Gasteiger partial charge in [0.25, 0.3) is 0 Å². The number of hydrogen-bond acceptors (Lipinski definition) is 5. The van der Waals surface area contributed by atoms with Gasteiger partial charge in [-0.3, -0.25) is 5.43 Å². The molecule has 2 aromatic heterocycles. The molecule has 0 aliphatic rings. The van der Waals surface area contributed by atoms with Crippen LogP contribution in [0.25, 0.3) is 11.3 Å². The van der Waals surface area contributed by atoms with Crippen LogP contribution in [-0.2, 0) is 0 Å². The number of nitrogens with zero attached hydrogens (tertiary/aromatic N) is 2. The summed E-state index contributed by atoms with van der Waals surface area (Å²) in [6, 6.07) is 10.5. The maximum absolute atomic E-state index is 4.55. The number of anilines is 1. The fourth-order valence-electron chi connectivity index (χ4n) is 1.84. The van der Waals surface area contributed by atoms with Crippen molar-refractivity contribution in [1.29, 1.82) is 0 Å². The number of thiophene rings is 1. The summed E-state index contributed by atoms with van der Waals surface area (Å²) in [6.45, 7) is 4.16. The van der Waals surface area contributed by atoms with Gasteiger partial charge in [-0.05, 0) is 30.9 Å². The number of benzene rings is 1. The highest BCUT2D eigenvalue weighted by molar-refractivity contribution is 7.14. The number of hydrazone groups is 1. The molecule has 0 unspecified atom stereocenters. The molecule has 0 saturated heterocycles. The van der Waals surface area contributed by atoms with Gasteiger partial charge in [0.05, 0.1) is 11.9 Å². The van der Waals surface area contributed by atoms with Crippen molar-refractivity contribution in [1.82, 2.24) is 4.98 Å². The first kappa shape index (κ1) is 14.0. The van der Waals surface area contributed by atoms with Crippen molar-refractivity contribution in [2.45, 2.75) is 13.8 Å². The first-order valence-electron chi connectivity index (χ1n) is 6.58. The number of hydrogen-bond donors (Lipinski definition) is 1. The Labute approximate surface area is 132 Å². The lowest BCUT2D eigenvalue weighted by Gasteiger charge is -1.97. The minimum atomic E-state index is 0.802. The Morgan fingerprint density at radius 2 is 1.90 bits per heavy atom. The lowest BCUT2D eigenvalue weighted by atomic mass is 10.1. The molecule has 0 spiro atoms. The molecule has 5 heteroatoms. The summed E-state index contributed by atoms with van der Waals surface area (Å²) in [5.74, 6) is 0. The molecular formula is C16H15N3S2. The quantitative estimate of drug-likeness (QED) is 0.547. The Kier molecular flexibility index (Phi) is 4.13. The number of aromatic nitrogens is 1. The molecule has 0 radical (unpaired) electrons. The van der Waals surface area contributed by atoms with E-state index in [4.69, 9.17) is 0 Å². The van der Waals surface area contributed by atoms with E-state index < -0.39 is 0 Å². The summed E-state index contributed by atoms with van der Waals surface area (Å²) in [4.78, 5) is 5.71. The van der Waals surface area contributed by atoms with Crippen LogP contribution in [0.1, 0.15) is 16.0 Å². The van der Waals surface area contributed by atoms with Crippen LogP contribution in [0.4, 0.5) is 5.13 Å². The highest BCUT2D eigenvalue weighted by Gasteiger charge is 2.03. The summed E-state index contributed by atoms with van der Waals surface area (Å²) in [7, 11) is 0. The average molecular weight is 313 g/mol. The largest absolute Gasteiger partial charge is 0.253 e. The molecule has 1 aromatic carbocycles. The highest BCUT2D eigenvalue weighted by atomic mass is 32.1. The molecule has 0 bridgehead atoms. The van der Waals surface area contributed by atoms with Gasteiger partial charge in [-0.1, -0.05) is 29.8 Å². The zero-order valence-electron chi connectivity index (χ0n) is 11.8. The predicted molar refractivity (Wildman–Crippen MR) is 92.6 cm³/mol. The van der Waals surface area contributed by atoms with Gasteiger partial charge in [-0.2, -0.15) is 5.10 Å². The highest BCUT2D eigenvalue weighted by Crippen LogP contribution is 2.25. The van der Waals surface area contributed by atoms with Crippen LogP contribution in [0.2, 0.25) is 0 Å². The monoisotopic (exact) mass is 313 g/mol. The standard InChI is InChI=1S/C16H15N3S2/c1-11-3-5-13(6-4-11)14-10-21-16(18-14)19-17-9-15-12(2)7-8-20-15/h3-10H,1-2H3,(H,18,19)/b17-9-. The van der Waals surface area contributed by atoms with Crippen molar-refractivity contribution in [3.05, 3.63) is 57.1 Å². The lowest BCUT2D eigenvalue weighted by molar-refractivity contribution is 1.29. The van der Waals surface area contributed by atoms with Gasteiger partial charge in [-0.25, -0.2) is 4.98 Å². The summed E-state index contributed by atoms with van der Waals surface area (Å²) < 4.78 is 0. The van der Waals surface area contributed by atoms with Crippen molar-refractivity contribution in [2.24, 2.45) is 5.10 Å². The van der Waals surface area contributed by atoms with E-state index in [2.05, 4.69) is 65.1 Å². The van der Waals surface area contributed by atoms with Crippen molar-refractivity contribution < 1.29 is 0 Å². The van der Waals surface area contributed by atoms with E-state index in [-0.39, 0.29) is 0 Å². The van der Waals surface area contributed by atoms with Gasteiger partial charge < -0.3 is 0 Å². The van der Waals surface area contributed by atoms with E-state index in [1.54, 1.807) is 22.7 Å². The molecule has 0 saturated carbocycles. The van der Waals surface area contributed by atoms with Crippen LogP contribution in [0.15, 0.2) is 46.2 Å². The van der Waals surface area contributed by atoms with Crippen LogP contribution in [0, 0.1) is 13.8 Å². The van der Waals surface area contributed by atoms with Crippen LogP contribution >= 0.6 is 22.7 Å². The minimum Gasteiger partial charge on any atom is -0.253 e. The van der Waals surface area contributed by atoms with E-state index in [1.807, 2.05) is 11.6 Å². The van der Waals surface area contributed by atoms with Crippen molar-refractivity contribution in [3.8, 4) is 11.3 Å². The van der Waals surface area contributed by atoms with E-state index in [9.17, 15) is 0 Å². The predicted octanol–water partition coefficient (Wildman–Crippen LogP) is 4.93. The first-order valence-corrected chi connectivity index (χ1v) is 8.34. The lowest BCUT2D eigenvalue weighted by Crippen LogP contribution is -1.89. The van der Waals surface area contributed by atoms with E-state index >= 15 is 0 Å². The molecule has 3 aromatic rings. The Bertz CT molecular complexity index is 754. The van der Waals surface area contributed by atoms with Crippen molar-refractivity contribution >= 4 is 34.0 Å². The Balaban J connectivity index is 1.69. The smallest absolute Gasteiger partial charge is 0.203 e. The molecule has 0 fully saturated rings. The molecular weight excluding hydrogens is 298 g/mol. The minimum absolute atomic E-state index is 0.802. The molecule has 0 aliphatic carbocycles. The van der Waals surface area contributed by atoms with Gasteiger partial charge in [0.2, 0.25) is 5.13 Å².